The number of nitrogens with one attached hydrogen (secondary N) is 1. The lowest BCUT2D eigenvalue weighted by molar-refractivity contribution is -0.299. The average molecular weight is 692 g/mol. The van der Waals surface area contributed by atoms with Crippen LogP contribution in [0, 0.1) is 23.7 Å². The number of cyclic esters (lactones) is 1. The molecule has 15 atom stereocenters. The second-order valence-electron chi connectivity index (χ2n) is 15.2. The van der Waals surface area contributed by atoms with Crippen molar-refractivity contribution in [1.29, 1.82) is 0 Å². The fourth-order valence-corrected chi connectivity index (χ4v) is 7.27. The molecular formula is C34H65N3O11. The first-order chi connectivity index (χ1) is 22.1. The van der Waals surface area contributed by atoms with Crippen LogP contribution in [0.2, 0.25) is 0 Å². The van der Waals surface area contributed by atoms with Crippen molar-refractivity contribution in [2.45, 2.75) is 141 Å². The van der Waals surface area contributed by atoms with Crippen LogP contribution in [-0.2, 0) is 23.8 Å². The molecule has 0 spiro atoms. The van der Waals surface area contributed by atoms with Gasteiger partial charge in [-0.2, -0.15) is 0 Å². The standard InChI is InChI=1S/C34H65N3O11/c1-12-24-34(8,45)29(42)20(4)26(39)18(2)16-33(7,44)30(21(5)27(40)22(6)31(43)47-24)48-32-28(41)23(15-19(3)46-32)37(11)25(38)17-35-13-14-36(9)10/h18-24,26-30,32,35,39-42,44-45H,12-17H2,1-11H3/t18-,19-,20+,21+,22-,23?,24-,26+,27+,28-,29-,30-,32+,33-,34-/m1/s1. The number of hydrogen-bond acceptors (Lipinski definition) is 13. The van der Waals surface area contributed by atoms with Crippen LogP contribution in [0.25, 0.3) is 0 Å². The first-order valence-electron chi connectivity index (χ1n) is 17.4. The van der Waals surface area contributed by atoms with Gasteiger partial charge in [0.25, 0.3) is 0 Å². The molecular weight excluding hydrogens is 626 g/mol. The van der Waals surface area contributed by atoms with E-state index in [1.165, 1.54) is 25.7 Å². The zero-order valence-corrected chi connectivity index (χ0v) is 30.9. The van der Waals surface area contributed by atoms with Crippen molar-refractivity contribution in [2.24, 2.45) is 23.7 Å². The summed E-state index contributed by atoms with van der Waals surface area (Å²) in [5.74, 6) is -4.67. The second kappa shape index (κ2) is 17.7. The van der Waals surface area contributed by atoms with Crippen molar-refractivity contribution < 1.29 is 54.4 Å². The van der Waals surface area contributed by atoms with Crippen LogP contribution in [-0.4, -0.2) is 159 Å². The highest BCUT2D eigenvalue weighted by Gasteiger charge is 2.51. The maximum Gasteiger partial charge on any atom is 0.311 e. The van der Waals surface area contributed by atoms with Crippen molar-refractivity contribution in [1.82, 2.24) is 15.1 Å². The lowest BCUT2D eigenvalue weighted by atomic mass is 9.73. The predicted molar refractivity (Wildman–Crippen MR) is 179 cm³/mol. The third-order valence-electron chi connectivity index (χ3n) is 10.5. The van der Waals surface area contributed by atoms with E-state index in [-0.39, 0.29) is 25.3 Å². The molecule has 0 aromatic rings. The number of carbonyl (C=O) groups excluding carboxylic acids is 2. The van der Waals surface area contributed by atoms with Gasteiger partial charge in [0.15, 0.2) is 6.29 Å². The third-order valence-corrected chi connectivity index (χ3v) is 10.5. The Morgan fingerprint density at radius 3 is 2.15 bits per heavy atom. The maximum absolute atomic E-state index is 13.3. The molecule has 2 aliphatic rings. The van der Waals surface area contributed by atoms with Crippen molar-refractivity contribution in [3.8, 4) is 0 Å². The summed E-state index contributed by atoms with van der Waals surface area (Å²) in [6.07, 6.45) is -9.19. The fraction of sp³-hybridized carbons (Fsp3) is 0.941. The molecule has 0 aromatic carbocycles. The number of aliphatic hydroxyl groups is 6. The number of hydrogen-bond donors (Lipinski definition) is 7. The molecule has 0 aliphatic carbocycles. The molecule has 1 unspecified atom stereocenters. The Kier molecular flexibility index (Phi) is 15.7. The Bertz CT molecular complexity index is 1030. The highest BCUT2D eigenvalue weighted by atomic mass is 16.7. The summed E-state index contributed by atoms with van der Waals surface area (Å²) in [4.78, 5) is 29.8. The number of likely N-dealkylation sites (N-methyl/N-ethyl adjacent to an activating group) is 2. The van der Waals surface area contributed by atoms with Crippen LogP contribution >= 0.6 is 0 Å². The number of amides is 1. The summed E-state index contributed by atoms with van der Waals surface area (Å²) in [6.45, 7) is 14.1. The van der Waals surface area contributed by atoms with Gasteiger partial charge in [-0.3, -0.25) is 9.59 Å². The Hall–Kier alpha value is -1.46. The van der Waals surface area contributed by atoms with E-state index in [1.54, 1.807) is 41.7 Å². The summed E-state index contributed by atoms with van der Waals surface area (Å²) in [5.41, 5.74) is -3.69. The summed E-state index contributed by atoms with van der Waals surface area (Å²) in [5, 5.41) is 72.0. The van der Waals surface area contributed by atoms with E-state index in [4.69, 9.17) is 14.2 Å². The van der Waals surface area contributed by atoms with Crippen molar-refractivity contribution in [3.63, 3.8) is 0 Å². The SMILES string of the molecule is CC[C@H]1OC(=O)[C@H](C)[C@@H](O)[C@H](C)[C@@H](O[C@@H]2O[C@H](C)CC(N(C)C(=O)CNCCN(C)C)[C@H]2O)[C@](C)(O)C[C@@H](C)[C@H](O)[C@H](C)[C@@H](O)[C@]1(C)O. The molecule has 0 radical (unpaired) electrons. The van der Waals surface area contributed by atoms with Gasteiger partial charge in [0.2, 0.25) is 5.91 Å². The van der Waals surface area contributed by atoms with E-state index in [2.05, 4.69) is 5.32 Å². The van der Waals surface area contributed by atoms with Gasteiger partial charge in [0.05, 0.1) is 54.6 Å². The molecule has 48 heavy (non-hydrogen) atoms. The second-order valence-corrected chi connectivity index (χ2v) is 15.2. The summed E-state index contributed by atoms with van der Waals surface area (Å²) in [6, 6.07) is -0.679. The number of aliphatic hydroxyl groups excluding tert-OH is 4. The third kappa shape index (κ3) is 10.3. The number of esters is 1. The first-order valence-corrected chi connectivity index (χ1v) is 17.4. The number of nitrogens with zero attached hydrogens (tertiary/aromatic N) is 2. The van der Waals surface area contributed by atoms with E-state index < -0.39 is 95.9 Å². The summed E-state index contributed by atoms with van der Waals surface area (Å²) >= 11 is 0. The minimum absolute atomic E-state index is 0.0739. The summed E-state index contributed by atoms with van der Waals surface area (Å²) < 4.78 is 18.1. The first kappa shape index (κ1) is 42.7. The molecule has 282 valence electrons. The fourth-order valence-electron chi connectivity index (χ4n) is 7.27. The van der Waals surface area contributed by atoms with Crippen LogP contribution in [0.4, 0.5) is 0 Å². The van der Waals surface area contributed by atoms with E-state index >= 15 is 0 Å². The van der Waals surface area contributed by atoms with Crippen molar-refractivity contribution in [3.05, 3.63) is 0 Å². The maximum atomic E-state index is 13.3. The number of carbonyl (C=O) groups is 2. The molecule has 0 saturated carbocycles. The Morgan fingerprint density at radius 2 is 1.58 bits per heavy atom. The number of rotatable bonds is 9. The van der Waals surface area contributed by atoms with Crippen LogP contribution in [0.1, 0.15) is 74.7 Å². The smallest absolute Gasteiger partial charge is 0.311 e. The van der Waals surface area contributed by atoms with Crippen LogP contribution < -0.4 is 5.32 Å². The van der Waals surface area contributed by atoms with Gasteiger partial charge in [0.1, 0.15) is 17.8 Å². The highest BCUT2D eigenvalue weighted by Crippen LogP contribution is 2.38. The quantitative estimate of drug-likeness (QED) is 0.123. The normalized spacial score (nSPS) is 43.8. The van der Waals surface area contributed by atoms with Gasteiger partial charge in [-0.25, -0.2) is 0 Å². The van der Waals surface area contributed by atoms with E-state index in [0.717, 1.165) is 6.54 Å². The summed E-state index contributed by atoms with van der Waals surface area (Å²) in [7, 11) is 5.48. The van der Waals surface area contributed by atoms with E-state index in [0.29, 0.717) is 13.0 Å². The molecule has 2 heterocycles. The van der Waals surface area contributed by atoms with Crippen LogP contribution in [0.15, 0.2) is 0 Å². The zero-order valence-electron chi connectivity index (χ0n) is 30.9. The molecule has 1 amide bonds. The Labute approximate surface area is 286 Å². The zero-order chi connectivity index (χ0) is 36.9. The topological polar surface area (TPSA) is 202 Å². The molecule has 2 fully saturated rings. The van der Waals surface area contributed by atoms with E-state index in [9.17, 15) is 40.2 Å². The molecule has 0 aromatic heterocycles. The van der Waals surface area contributed by atoms with Gasteiger partial charge in [-0.05, 0) is 67.0 Å². The average Bonchev–Trinajstić information content (AvgIpc) is 3.01. The molecule has 14 heteroatoms. The Balaban J connectivity index is 2.44. The van der Waals surface area contributed by atoms with Crippen molar-refractivity contribution in [2.75, 3.05) is 40.8 Å². The van der Waals surface area contributed by atoms with E-state index in [1.807, 2.05) is 19.0 Å². The molecule has 2 rings (SSSR count). The largest absolute Gasteiger partial charge is 0.459 e. The van der Waals surface area contributed by atoms with Gasteiger partial charge in [-0.1, -0.05) is 27.7 Å². The number of ether oxygens (including phenoxy) is 3. The van der Waals surface area contributed by atoms with Gasteiger partial charge in [-0.15, -0.1) is 0 Å². The predicted octanol–water partition coefficient (Wildman–Crippen LogP) is -0.300. The molecule has 7 N–H and O–H groups in total. The minimum atomic E-state index is -1.92. The molecule has 14 nitrogen and oxygen atoms in total. The Morgan fingerprint density at radius 1 is 0.979 bits per heavy atom. The minimum Gasteiger partial charge on any atom is -0.459 e. The molecule has 0 bridgehead atoms. The lowest BCUT2D eigenvalue weighted by Gasteiger charge is -2.47. The van der Waals surface area contributed by atoms with Crippen LogP contribution in [0.3, 0.4) is 0 Å². The lowest BCUT2D eigenvalue weighted by Crippen LogP contribution is -2.61. The van der Waals surface area contributed by atoms with Gasteiger partial charge >= 0.3 is 5.97 Å². The van der Waals surface area contributed by atoms with Crippen molar-refractivity contribution >= 4 is 11.9 Å². The van der Waals surface area contributed by atoms with Gasteiger partial charge < -0.3 is 60.0 Å². The molecule has 2 aliphatic heterocycles. The van der Waals surface area contributed by atoms with Crippen LogP contribution in [0.5, 0.6) is 0 Å². The van der Waals surface area contributed by atoms with Gasteiger partial charge in [0, 0.05) is 32.0 Å². The monoisotopic (exact) mass is 691 g/mol. The molecule has 2 saturated heterocycles. The highest BCUT2D eigenvalue weighted by molar-refractivity contribution is 5.78.